The van der Waals surface area contributed by atoms with Crippen molar-refractivity contribution in [2.45, 2.75) is 13.1 Å². The number of quaternary nitrogens is 2. The van der Waals surface area contributed by atoms with Crippen molar-refractivity contribution >= 4 is 0 Å². The van der Waals surface area contributed by atoms with Crippen LogP contribution in [0, 0.1) is 0 Å². The second kappa shape index (κ2) is 14.8. The Hall–Kier alpha value is -1.14. The number of hydrogen-bond acceptors (Lipinski definition) is 2. The molecule has 0 radical (unpaired) electrons. The number of ether oxygens (including phenoxy) is 2. The molecular formula is C24H38Cl2N2O2. The lowest BCUT2D eigenvalue weighted by atomic mass is 10.2. The summed E-state index contributed by atoms with van der Waals surface area (Å²) < 4.78 is 13.4. The van der Waals surface area contributed by atoms with Crippen molar-refractivity contribution in [2.75, 3.05) is 67.7 Å². The highest BCUT2D eigenvalue weighted by atomic mass is 35.5. The molecule has 0 spiro atoms. The molecule has 0 unspecified atom stereocenters. The predicted octanol–water partition coefficient (Wildman–Crippen LogP) is -2.42. The predicted molar refractivity (Wildman–Crippen MR) is 116 cm³/mol. The third-order valence-corrected chi connectivity index (χ3v) is 4.96. The van der Waals surface area contributed by atoms with E-state index in [1.165, 1.54) is 11.1 Å². The average Bonchev–Trinajstić information content (AvgIpc) is 2.64. The number of likely N-dealkylation sites (N-methyl/N-ethyl adjacent to an activating group) is 2. The van der Waals surface area contributed by atoms with E-state index >= 15 is 0 Å². The number of nitrogens with zero attached hydrogens (tertiary/aromatic N) is 2. The molecule has 0 amide bonds. The van der Waals surface area contributed by atoms with Crippen LogP contribution in [0.15, 0.2) is 60.7 Å². The van der Waals surface area contributed by atoms with Crippen molar-refractivity contribution in [3.63, 3.8) is 0 Å². The minimum atomic E-state index is 0. The Morgan fingerprint density at radius 2 is 0.867 bits per heavy atom. The van der Waals surface area contributed by atoms with Gasteiger partial charge in [-0.2, -0.15) is 0 Å². The molecule has 0 fully saturated rings. The number of halogens is 2. The molecule has 0 saturated heterocycles. The van der Waals surface area contributed by atoms with E-state index in [1.54, 1.807) is 0 Å². The molecule has 0 atom stereocenters. The summed E-state index contributed by atoms with van der Waals surface area (Å²) in [7, 11) is 9.00. The molecule has 0 heterocycles. The van der Waals surface area contributed by atoms with E-state index in [9.17, 15) is 0 Å². The van der Waals surface area contributed by atoms with Gasteiger partial charge in [0.15, 0.2) is 0 Å². The van der Waals surface area contributed by atoms with E-state index < -0.39 is 0 Å². The highest BCUT2D eigenvalue weighted by Crippen LogP contribution is 2.09. The number of benzene rings is 2. The van der Waals surface area contributed by atoms with Crippen LogP contribution in [0.3, 0.4) is 0 Å². The van der Waals surface area contributed by atoms with E-state index in [0.29, 0.717) is 13.2 Å². The topological polar surface area (TPSA) is 18.5 Å². The van der Waals surface area contributed by atoms with E-state index in [1.807, 2.05) is 0 Å². The van der Waals surface area contributed by atoms with Gasteiger partial charge in [0, 0.05) is 11.1 Å². The van der Waals surface area contributed by atoms with Crippen molar-refractivity contribution in [1.29, 1.82) is 0 Å². The summed E-state index contributed by atoms with van der Waals surface area (Å²) in [4.78, 5) is 0. The molecular weight excluding hydrogens is 419 g/mol. The van der Waals surface area contributed by atoms with Crippen LogP contribution in [-0.2, 0) is 22.6 Å². The van der Waals surface area contributed by atoms with Gasteiger partial charge in [0.1, 0.15) is 26.2 Å². The zero-order valence-electron chi connectivity index (χ0n) is 18.9. The molecule has 0 aliphatic heterocycles. The summed E-state index contributed by atoms with van der Waals surface area (Å²) >= 11 is 0. The smallest absolute Gasteiger partial charge is 0.104 e. The first-order valence-electron chi connectivity index (χ1n) is 10.2. The van der Waals surface area contributed by atoms with Gasteiger partial charge in [0.05, 0.1) is 54.6 Å². The Balaban J connectivity index is 0.00000420. The normalized spacial score (nSPS) is 11.5. The molecule has 170 valence electrons. The lowest BCUT2D eigenvalue weighted by Crippen LogP contribution is -3.00. The second-order valence-electron chi connectivity index (χ2n) is 8.83. The largest absolute Gasteiger partial charge is 1.00 e. The standard InChI is InChI=1S/C24H38N2O2.2ClH/c1-25(2,21-23-11-7-5-8-12-23)15-17-27-19-20-28-18-16-26(3,4)22-24-13-9-6-10-14-24;;/h5-14H,15-22H2,1-4H3;2*1H/q+2;;/p-2. The highest BCUT2D eigenvalue weighted by Gasteiger charge is 2.16. The van der Waals surface area contributed by atoms with Gasteiger partial charge in [-0.25, -0.2) is 0 Å². The molecule has 0 bridgehead atoms. The Labute approximate surface area is 195 Å². The summed E-state index contributed by atoms with van der Waals surface area (Å²) in [6.45, 7) is 6.89. The van der Waals surface area contributed by atoms with Gasteiger partial charge in [-0.1, -0.05) is 60.7 Å². The molecule has 0 saturated carbocycles. The summed E-state index contributed by atoms with van der Waals surface area (Å²) in [5, 5.41) is 0. The maximum absolute atomic E-state index is 5.79. The monoisotopic (exact) mass is 456 g/mol. The second-order valence-corrected chi connectivity index (χ2v) is 8.83. The number of rotatable bonds is 13. The minimum absolute atomic E-state index is 0. The van der Waals surface area contributed by atoms with Crippen molar-refractivity contribution in [2.24, 2.45) is 0 Å². The van der Waals surface area contributed by atoms with Crippen molar-refractivity contribution in [3.05, 3.63) is 71.8 Å². The zero-order chi connectivity index (χ0) is 20.3. The van der Waals surface area contributed by atoms with Crippen molar-refractivity contribution in [1.82, 2.24) is 0 Å². The first-order valence-corrected chi connectivity index (χ1v) is 10.2. The third-order valence-electron chi connectivity index (χ3n) is 4.96. The summed E-state index contributed by atoms with van der Waals surface area (Å²) in [5.41, 5.74) is 2.74. The van der Waals surface area contributed by atoms with Gasteiger partial charge >= 0.3 is 0 Å². The Kier molecular flexibility index (Phi) is 14.2. The molecule has 0 aliphatic rings. The molecule has 2 rings (SSSR count). The van der Waals surface area contributed by atoms with E-state index in [0.717, 1.165) is 48.4 Å². The van der Waals surface area contributed by atoms with Crippen LogP contribution in [0.5, 0.6) is 0 Å². The molecule has 2 aromatic rings. The van der Waals surface area contributed by atoms with Gasteiger partial charge in [-0.05, 0) is 0 Å². The number of hydrogen-bond donors (Lipinski definition) is 0. The molecule has 30 heavy (non-hydrogen) atoms. The average molecular weight is 457 g/mol. The van der Waals surface area contributed by atoms with Crippen LogP contribution < -0.4 is 24.8 Å². The van der Waals surface area contributed by atoms with Crippen LogP contribution in [0.4, 0.5) is 0 Å². The minimum Gasteiger partial charge on any atom is -1.00 e. The van der Waals surface area contributed by atoms with Gasteiger partial charge < -0.3 is 43.3 Å². The summed E-state index contributed by atoms with van der Waals surface area (Å²) in [6.07, 6.45) is 0. The molecule has 0 aliphatic carbocycles. The van der Waals surface area contributed by atoms with E-state index in [-0.39, 0.29) is 24.8 Å². The van der Waals surface area contributed by atoms with E-state index in [2.05, 4.69) is 88.9 Å². The first-order chi connectivity index (χ1) is 13.4. The van der Waals surface area contributed by atoms with Crippen molar-refractivity contribution in [3.8, 4) is 0 Å². The molecule has 0 N–H and O–H groups in total. The molecule has 4 nitrogen and oxygen atoms in total. The van der Waals surface area contributed by atoms with E-state index in [4.69, 9.17) is 9.47 Å². The van der Waals surface area contributed by atoms with Crippen LogP contribution in [-0.4, -0.2) is 76.7 Å². The SMILES string of the molecule is C[N+](C)(CCOCCOCC[N+](C)(C)Cc1ccccc1)Cc1ccccc1.[Cl-].[Cl-]. The maximum atomic E-state index is 5.79. The zero-order valence-corrected chi connectivity index (χ0v) is 20.4. The Bertz CT molecular complexity index is 608. The Morgan fingerprint density at radius 3 is 1.20 bits per heavy atom. The quantitative estimate of drug-likeness (QED) is 0.246. The highest BCUT2D eigenvalue weighted by molar-refractivity contribution is 5.14. The van der Waals surface area contributed by atoms with Crippen LogP contribution in [0.1, 0.15) is 11.1 Å². The fourth-order valence-electron chi connectivity index (χ4n) is 3.26. The summed E-state index contributed by atoms with van der Waals surface area (Å²) in [5.74, 6) is 0. The van der Waals surface area contributed by atoms with Gasteiger partial charge in [-0.15, -0.1) is 0 Å². The molecule has 0 aromatic heterocycles. The van der Waals surface area contributed by atoms with Gasteiger partial charge in [-0.3, -0.25) is 0 Å². The van der Waals surface area contributed by atoms with Gasteiger partial charge in [0.25, 0.3) is 0 Å². The van der Waals surface area contributed by atoms with Crippen LogP contribution in [0.25, 0.3) is 0 Å². The van der Waals surface area contributed by atoms with Crippen LogP contribution >= 0.6 is 0 Å². The fraction of sp³-hybridized carbons (Fsp3) is 0.500. The lowest BCUT2D eigenvalue weighted by Gasteiger charge is -2.30. The van der Waals surface area contributed by atoms with Crippen LogP contribution in [0.2, 0.25) is 0 Å². The van der Waals surface area contributed by atoms with Gasteiger partial charge in [0.2, 0.25) is 0 Å². The Morgan fingerprint density at radius 1 is 0.533 bits per heavy atom. The fourth-order valence-corrected chi connectivity index (χ4v) is 3.26. The first kappa shape index (κ1) is 28.9. The molecule has 2 aromatic carbocycles. The summed E-state index contributed by atoms with van der Waals surface area (Å²) in [6, 6.07) is 21.3. The maximum Gasteiger partial charge on any atom is 0.104 e. The van der Waals surface area contributed by atoms with Crippen molar-refractivity contribution < 1.29 is 43.3 Å². The molecule has 6 heteroatoms. The lowest BCUT2D eigenvalue weighted by molar-refractivity contribution is -0.904. The third kappa shape index (κ3) is 12.5.